The van der Waals surface area contributed by atoms with Gasteiger partial charge < -0.3 is 25.1 Å². The van der Waals surface area contributed by atoms with Crippen molar-refractivity contribution in [1.29, 1.82) is 0 Å². The van der Waals surface area contributed by atoms with Crippen LogP contribution in [0.3, 0.4) is 0 Å². The number of carbonyl (C=O) groups excluding carboxylic acids is 4. The van der Waals surface area contributed by atoms with Crippen LogP contribution in [0, 0.1) is 51.8 Å². The molecule has 2 heterocycles. The summed E-state index contributed by atoms with van der Waals surface area (Å²) in [6.07, 6.45) is 12.8. The highest BCUT2D eigenvalue weighted by atomic mass is 16.6. The first-order chi connectivity index (χ1) is 31.8. The van der Waals surface area contributed by atoms with E-state index in [2.05, 4.69) is 113 Å². The van der Waals surface area contributed by atoms with Gasteiger partial charge in [-0.25, -0.2) is 14.6 Å². The molecule has 0 aromatic carbocycles. The third-order valence-corrected chi connectivity index (χ3v) is 14.3. The lowest BCUT2D eigenvalue weighted by molar-refractivity contribution is -0.153. The third kappa shape index (κ3) is 16.3. The fourth-order valence-electron chi connectivity index (χ4n) is 11.1. The number of hydrogen-bond donors (Lipinski definition) is 3. The van der Waals surface area contributed by atoms with Gasteiger partial charge in [0.2, 0.25) is 11.8 Å². The largest absolute Gasteiger partial charge is 0.458 e. The van der Waals surface area contributed by atoms with Crippen LogP contribution in [-0.4, -0.2) is 46.3 Å². The Labute approximate surface area is 420 Å². The minimum Gasteiger partial charge on any atom is -0.458 e. The molecule has 0 radical (unpaired) electrons. The van der Waals surface area contributed by atoms with Crippen molar-refractivity contribution in [3.63, 3.8) is 0 Å². The van der Waals surface area contributed by atoms with Crippen LogP contribution in [0.25, 0.3) is 6.08 Å². The van der Waals surface area contributed by atoms with Gasteiger partial charge in [0.15, 0.2) is 0 Å². The number of esters is 2. The summed E-state index contributed by atoms with van der Waals surface area (Å²) in [5.41, 5.74) is 2.99. The van der Waals surface area contributed by atoms with Gasteiger partial charge in [-0.2, -0.15) is 0 Å². The van der Waals surface area contributed by atoms with Crippen molar-refractivity contribution in [3.8, 4) is 0 Å². The molecule has 3 N–H and O–H groups in total. The van der Waals surface area contributed by atoms with E-state index in [1.165, 1.54) is 0 Å². The van der Waals surface area contributed by atoms with Crippen LogP contribution >= 0.6 is 0 Å². The Morgan fingerprint density at radius 2 is 1.26 bits per heavy atom. The molecular formula is C59H98N4O6. The zero-order valence-electron chi connectivity index (χ0n) is 47.4. The smallest absolute Gasteiger partial charge is 0.342 e. The summed E-state index contributed by atoms with van der Waals surface area (Å²) in [5.74, 6) is -0.636. The van der Waals surface area contributed by atoms with Gasteiger partial charge in [0, 0.05) is 29.4 Å². The second-order valence-corrected chi connectivity index (χ2v) is 25.4. The highest BCUT2D eigenvalue weighted by Crippen LogP contribution is 2.50. The first-order valence-corrected chi connectivity index (χ1v) is 26.9. The summed E-state index contributed by atoms with van der Waals surface area (Å²) in [6.45, 7) is 44.4. The van der Waals surface area contributed by atoms with E-state index in [0.717, 1.165) is 62.5 Å². The van der Waals surface area contributed by atoms with Gasteiger partial charge in [0.05, 0.1) is 5.70 Å². The lowest BCUT2D eigenvalue weighted by Crippen LogP contribution is -2.49. The first-order valence-electron chi connectivity index (χ1n) is 26.9. The Bertz CT molecular complexity index is 2050. The number of unbranched alkanes of at least 4 members (excludes halogenated alkanes) is 2. The van der Waals surface area contributed by atoms with Gasteiger partial charge in [0.25, 0.3) is 0 Å². The molecule has 2 amide bonds. The van der Waals surface area contributed by atoms with E-state index >= 15 is 4.79 Å². The van der Waals surface area contributed by atoms with E-state index in [1.54, 1.807) is 0 Å². The number of rotatable bonds is 20. The molecule has 1 aliphatic carbocycles. The minimum atomic E-state index is -0.786. The maximum Gasteiger partial charge on any atom is 0.342 e. The van der Waals surface area contributed by atoms with Gasteiger partial charge in [-0.15, -0.1) is 0 Å². The van der Waals surface area contributed by atoms with Crippen molar-refractivity contribution in [2.75, 3.05) is 5.32 Å². The van der Waals surface area contributed by atoms with Crippen molar-refractivity contribution in [3.05, 3.63) is 45.3 Å². The molecule has 4 atom stereocenters. The van der Waals surface area contributed by atoms with Crippen LogP contribution in [-0.2, 0) is 23.9 Å². The quantitative estimate of drug-likeness (QED) is 0.111. The Kier molecular flexibility index (Phi) is 21.0. The van der Waals surface area contributed by atoms with Crippen LogP contribution in [0.2, 0.25) is 0 Å². The van der Waals surface area contributed by atoms with Gasteiger partial charge in [-0.1, -0.05) is 150 Å². The summed E-state index contributed by atoms with van der Waals surface area (Å²) in [5, 5.41) is 6.29. The van der Waals surface area contributed by atoms with Crippen LogP contribution in [0.1, 0.15) is 244 Å². The molecule has 1 fully saturated rings. The van der Waals surface area contributed by atoms with Gasteiger partial charge in [-0.05, 0) is 129 Å². The molecule has 390 valence electrons. The number of amides is 2. The van der Waals surface area contributed by atoms with Crippen LogP contribution < -0.4 is 10.6 Å². The van der Waals surface area contributed by atoms with E-state index in [0.29, 0.717) is 53.5 Å². The van der Waals surface area contributed by atoms with E-state index in [-0.39, 0.29) is 81.1 Å². The number of nitrogens with zero attached hydrogens (tertiary/aromatic N) is 1. The zero-order chi connectivity index (χ0) is 52.6. The average molecular weight is 959 g/mol. The highest BCUT2D eigenvalue weighted by molar-refractivity contribution is 6.25. The average Bonchev–Trinajstić information content (AvgIpc) is 3.74. The molecule has 3 rings (SSSR count). The fourth-order valence-corrected chi connectivity index (χ4v) is 11.1. The molecule has 0 spiro atoms. The lowest BCUT2D eigenvalue weighted by Gasteiger charge is -2.50. The molecule has 1 aromatic rings. The van der Waals surface area contributed by atoms with E-state index in [9.17, 15) is 14.4 Å². The molecule has 1 aromatic heterocycles. The van der Waals surface area contributed by atoms with Gasteiger partial charge in [0.1, 0.15) is 34.5 Å². The maximum atomic E-state index is 15.2. The Morgan fingerprint density at radius 3 is 1.70 bits per heavy atom. The van der Waals surface area contributed by atoms with Crippen LogP contribution in [0.15, 0.2) is 33.5 Å². The normalized spacial score (nSPS) is 21.2. The Morgan fingerprint density at radius 1 is 0.754 bits per heavy atom. The van der Waals surface area contributed by atoms with Gasteiger partial charge in [-0.3, -0.25) is 9.59 Å². The minimum absolute atomic E-state index is 0.0998. The number of anilines is 1. The van der Waals surface area contributed by atoms with E-state index in [1.807, 2.05) is 60.6 Å². The topological polar surface area (TPSA) is 139 Å². The predicted molar refractivity (Wildman–Crippen MR) is 287 cm³/mol. The summed E-state index contributed by atoms with van der Waals surface area (Å²) in [7, 11) is 0. The molecule has 10 heteroatoms. The number of aliphatic imine (C=N–C) groups is 1. The van der Waals surface area contributed by atoms with Crippen molar-refractivity contribution in [2.45, 2.75) is 234 Å². The Hall–Kier alpha value is -3.95. The number of aromatic nitrogens is 1. The summed E-state index contributed by atoms with van der Waals surface area (Å²) in [4.78, 5) is 66.3. The number of amidine groups is 1. The monoisotopic (exact) mass is 959 g/mol. The first kappa shape index (κ1) is 59.4. The van der Waals surface area contributed by atoms with Crippen molar-refractivity contribution < 1.29 is 28.7 Å². The second-order valence-electron chi connectivity index (χ2n) is 25.4. The number of H-pyrrole nitrogens is 1. The zero-order valence-corrected chi connectivity index (χ0v) is 47.4. The third-order valence-electron chi connectivity index (χ3n) is 14.3. The van der Waals surface area contributed by atoms with E-state index < -0.39 is 17.5 Å². The number of hydrogen-bond acceptors (Lipinski definition) is 7. The molecule has 1 aliphatic heterocycles. The molecule has 0 saturated heterocycles. The molecule has 1 saturated carbocycles. The van der Waals surface area contributed by atoms with Crippen molar-refractivity contribution in [1.82, 2.24) is 10.3 Å². The molecular weight excluding hydrogens is 861 g/mol. The number of carbonyl (C=O) groups is 4. The lowest BCUT2D eigenvalue weighted by atomic mass is 9.59. The number of nitrogens with one attached hydrogen (secondary N) is 3. The predicted octanol–water partition coefficient (Wildman–Crippen LogP) is 15.3. The Balaban J connectivity index is 2.34. The standard InChI is InChI=1S/C59H98N4O6/c1-22-26-28-39(24-3)52(64)62-50-47(54(66)68-49-41(57(14,15)16)30-37(9)31-42(49)58(17,18)19)45(35(5)6)43(60-50)32-38(10)33-44-46(36(7)8)48(55(67)69-59(20,21)34-56(11,12)13)51(61-44)63-53(65)40(25-4)29-27-23-2/h32-33,35-37,39-42,49,60H,22-31,34H2,1-21H3,(H,62,64)(H,61,63,65). The molecule has 0 bridgehead atoms. The molecule has 69 heavy (non-hydrogen) atoms. The maximum absolute atomic E-state index is 15.2. The fraction of sp³-hybridized carbons (Fsp3) is 0.746. The second kappa shape index (κ2) is 24.4. The molecule has 4 unspecified atom stereocenters. The van der Waals surface area contributed by atoms with Crippen molar-refractivity contribution >= 4 is 41.5 Å². The van der Waals surface area contributed by atoms with Crippen molar-refractivity contribution in [2.24, 2.45) is 56.7 Å². The molecule has 10 nitrogen and oxygen atoms in total. The number of allylic oxidation sites excluding steroid dienone is 3. The summed E-state index contributed by atoms with van der Waals surface area (Å²) in [6, 6.07) is 0. The van der Waals surface area contributed by atoms with Gasteiger partial charge >= 0.3 is 11.9 Å². The van der Waals surface area contributed by atoms with Crippen LogP contribution in [0.4, 0.5) is 5.82 Å². The summed E-state index contributed by atoms with van der Waals surface area (Å²) < 4.78 is 13.2. The summed E-state index contributed by atoms with van der Waals surface area (Å²) >= 11 is 0. The van der Waals surface area contributed by atoms with E-state index in [4.69, 9.17) is 14.5 Å². The van der Waals surface area contributed by atoms with Crippen LogP contribution in [0.5, 0.6) is 0 Å². The SMILES string of the molecule is CCCCC(CC)C(=O)NC1=NC(=CC(C)=Cc2[nH]c(NC(=O)C(CC)CCCC)c(C(=O)OC3C(C(C)(C)C)CC(C)CC3C(C)(C)C)c2C(C)C)C(C(C)C)=C1C(=O)OC(C)(C)CC(C)(C)C. The number of aromatic amines is 1. The molecule has 2 aliphatic rings. The number of ether oxygens (including phenoxy) is 2. The highest BCUT2D eigenvalue weighted by Gasteiger charge is 2.49.